The third-order valence-electron chi connectivity index (χ3n) is 5.86. The van der Waals surface area contributed by atoms with Gasteiger partial charge in [-0.3, -0.25) is 14.8 Å². The number of ether oxygens (including phenoxy) is 3. The molecule has 4 rings (SSSR count). The summed E-state index contributed by atoms with van der Waals surface area (Å²) in [6.07, 6.45) is 5.86. The molecule has 2 aromatic carbocycles. The van der Waals surface area contributed by atoms with E-state index in [4.69, 9.17) is 24.2 Å². The van der Waals surface area contributed by atoms with Crippen LogP contribution < -0.4 is 9.47 Å². The van der Waals surface area contributed by atoms with Crippen LogP contribution in [0.4, 0.5) is 5.69 Å². The second-order valence-corrected chi connectivity index (χ2v) is 7.71. The highest BCUT2D eigenvalue weighted by Crippen LogP contribution is 2.49. The van der Waals surface area contributed by atoms with Crippen molar-refractivity contribution >= 4 is 29.7 Å². The van der Waals surface area contributed by atoms with Gasteiger partial charge in [0.2, 0.25) is 0 Å². The lowest BCUT2D eigenvalue weighted by atomic mass is 9.66. The topological polar surface area (TPSA) is 69.5 Å². The Morgan fingerprint density at radius 1 is 1.13 bits per heavy atom. The standard InChI is InChI=1S/C25H26N2O4/c1-5-31-24(28)19-15-26-22-18-9-7-6-8-16(18)12-13-25(22,2)23(19)27-17-10-11-20(29-3)21(14-17)30-4/h6-15,19,22H,5H2,1-4H3. The first-order valence-corrected chi connectivity index (χ1v) is 10.3. The van der Waals surface area contributed by atoms with Crippen molar-refractivity contribution < 1.29 is 19.0 Å². The van der Waals surface area contributed by atoms with Crippen molar-refractivity contribution in [1.29, 1.82) is 0 Å². The molecule has 0 fully saturated rings. The SMILES string of the molecule is CCOC(=O)C1C=NC2c3ccccc3C=CC2(C)C1=Nc1ccc(OC)c(OC)c1. The maximum absolute atomic E-state index is 12.8. The molecule has 0 amide bonds. The first-order chi connectivity index (χ1) is 15.0. The molecular formula is C25H26N2O4. The summed E-state index contributed by atoms with van der Waals surface area (Å²) < 4.78 is 16.1. The van der Waals surface area contributed by atoms with Crippen molar-refractivity contribution in [1.82, 2.24) is 0 Å². The van der Waals surface area contributed by atoms with Crippen LogP contribution in [0.5, 0.6) is 11.5 Å². The normalized spacial score (nSPS) is 25.0. The van der Waals surface area contributed by atoms with E-state index in [1.807, 2.05) is 18.2 Å². The van der Waals surface area contributed by atoms with E-state index < -0.39 is 11.3 Å². The number of carbonyl (C=O) groups excluding carboxylic acids is 1. The lowest BCUT2D eigenvalue weighted by Crippen LogP contribution is -2.45. The van der Waals surface area contributed by atoms with Gasteiger partial charge in [0.05, 0.1) is 43.7 Å². The number of hydrogen-bond donors (Lipinski definition) is 0. The molecule has 3 unspecified atom stereocenters. The molecule has 160 valence electrons. The van der Waals surface area contributed by atoms with Crippen molar-refractivity contribution in [3.05, 3.63) is 59.7 Å². The molecule has 0 bridgehead atoms. The Morgan fingerprint density at radius 2 is 1.90 bits per heavy atom. The minimum atomic E-state index is -0.663. The van der Waals surface area contributed by atoms with Crippen LogP contribution in [-0.2, 0) is 9.53 Å². The Balaban J connectivity index is 1.87. The highest BCUT2D eigenvalue weighted by atomic mass is 16.5. The zero-order valence-corrected chi connectivity index (χ0v) is 18.2. The predicted octanol–water partition coefficient (Wildman–Crippen LogP) is 4.81. The molecule has 0 spiro atoms. The monoisotopic (exact) mass is 418 g/mol. The van der Waals surface area contributed by atoms with E-state index in [0.29, 0.717) is 29.5 Å². The van der Waals surface area contributed by atoms with Gasteiger partial charge in [0.25, 0.3) is 0 Å². The average Bonchev–Trinajstić information content (AvgIpc) is 2.79. The number of esters is 1. The first-order valence-electron chi connectivity index (χ1n) is 10.3. The molecule has 0 radical (unpaired) electrons. The molecule has 2 aliphatic rings. The van der Waals surface area contributed by atoms with Gasteiger partial charge in [-0.25, -0.2) is 0 Å². The molecule has 3 atom stereocenters. The zero-order valence-electron chi connectivity index (χ0n) is 18.2. The summed E-state index contributed by atoms with van der Waals surface area (Å²) in [5, 5.41) is 0. The van der Waals surface area contributed by atoms with Gasteiger partial charge in [-0.2, -0.15) is 0 Å². The zero-order chi connectivity index (χ0) is 22.0. The van der Waals surface area contributed by atoms with E-state index in [-0.39, 0.29) is 12.0 Å². The number of aliphatic imine (C=N–C) groups is 2. The van der Waals surface area contributed by atoms with Crippen LogP contribution in [0.1, 0.15) is 31.0 Å². The minimum absolute atomic E-state index is 0.168. The van der Waals surface area contributed by atoms with Crippen molar-refractivity contribution in [2.75, 3.05) is 20.8 Å². The third kappa shape index (κ3) is 3.63. The average molecular weight is 418 g/mol. The molecule has 1 aliphatic heterocycles. The van der Waals surface area contributed by atoms with E-state index in [1.165, 1.54) is 0 Å². The quantitative estimate of drug-likeness (QED) is 0.653. The molecule has 1 heterocycles. The number of rotatable bonds is 5. The summed E-state index contributed by atoms with van der Waals surface area (Å²) in [6, 6.07) is 13.5. The fourth-order valence-electron chi connectivity index (χ4n) is 4.26. The Labute approximate surface area is 182 Å². The largest absolute Gasteiger partial charge is 0.493 e. The Morgan fingerprint density at radius 3 is 2.65 bits per heavy atom. The summed E-state index contributed by atoms with van der Waals surface area (Å²) in [5.41, 5.74) is 3.04. The molecule has 0 N–H and O–H groups in total. The molecule has 2 aromatic rings. The van der Waals surface area contributed by atoms with Crippen LogP contribution in [-0.4, -0.2) is 38.7 Å². The lowest BCUT2D eigenvalue weighted by Gasteiger charge is -2.42. The second kappa shape index (κ2) is 8.38. The summed E-state index contributed by atoms with van der Waals surface area (Å²) in [6.45, 7) is 4.17. The smallest absolute Gasteiger partial charge is 0.320 e. The van der Waals surface area contributed by atoms with Crippen molar-refractivity contribution in [2.45, 2.75) is 19.9 Å². The fraction of sp³-hybridized carbons (Fsp3) is 0.320. The summed E-state index contributed by atoms with van der Waals surface area (Å²) in [7, 11) is 3.18. The molecule has 1 aliphatic carbocycles. The van der Waals surface area contributed by atoms with Gasteiger partial charge < -0.3 is 14.2 Å². The minimum Gasteiger partial charge on any atom is -0.493 e. The maximum atomic E-state index is 12.8. The molecule has 6 nitrogen and oxygen atoms in total. The molecule has 0 saturated heterocycles. The van der Waals surface area contributed by atoms with Gasteiger partial charge >= 0.3 is 5.97 Å². The number of hydrogen-bond acceptors (Lipinski definition) is 6. The van der Waals surface area contributed by atoms with Crippen LogP contribution >= 0.6 is 0 Å². The molecule has 0 saturated carbocycles. The van der Waals surface area contributed by atoms with E-state index in [2.05, 4.69) is 31.2 Å². The fourth-order valence-corrected chi connectivity index (χ4v) is 4.26. The number of fused-ring (bicyclic) bond motifs is 3. The van der Waals surface area contributed by atoms with Crippen LogP contribution in [0.3, 0.4) is 0 Å². The van der Waals surface area contributed by atoms with Gasteiger partial charge in [-0.1, -0.05) is 36.4 Å². The summed E-state index contributed by atoms with van der Waals surface area (Å²) in [5.74, 6) is 0.184. The third-order valence-corrected chi connectivity index (χ3v) is 5.86. The van der Waals surface area contributed by atoms with Crippen molar-refractivity contribution in [3.8, 4) is 11.5 Å². The number of methoxy groups -OCH3 is 2. The first kappa shape index (κ1) is 20.8. The predicted molar refractivity (Wildman–Crippen MR) is 122 cm³/mol. The van der Waals surface area contributed by atoms with Crippen LogP contribution in [0.2, 0.25) is 0 Å². The second-order valence-electron chi connectivity index (χ2n) is 7.71. The number of carbonyl (C=O) groups is 1. The van der Waals surface area contributed by atoms with E-state index in [1.54, 1.807) is 39.5 Å². The maximum Gasteiger partial charge on any atom is 0.320 e. The van der Waals surface area contributed by atoms with Crippen LogP contribution in [0, 0.1) is 11.3 Å². The Kier molecular flexibility index (Phi) is 5.63. The summed E-state index contributed by atoms with van der Waals surface area (Å²) in [4.78, 5) is 22.6. The molecule has 0 aromatic heterocycles. The lowest BCUT2D eigenvalue weighted by molar-refractivity contribution is -0.143. The molecular weight excluding hydrogens is 392 g/mol. The van der Waals surface area contributed by atoms with Crippen molar-refractivity contribution in [3.63, 3.8) is 0 Å². The van der Waals surface area contributed by atoms with Gasteiger partial charge in [-0.15, -0.1) is 0 Å². The highest BCUT2D eigenvalue weighted by molar-refractivity contribution is 6.19. The van der Waals surface area contributed by atoms with Gasteiger partial charge in [0, 0.05) is 12.3 Å². The highest BCUT2D eigenvalue weighted by Gasteiger charge is 2.48. The summed E-state index contributed by atoms with van der Waals surface area (Å²) >= 11 is 0. The van der Waals surface area contributed by atoms with Gasteiger partial charge in [0.15, 0.2) is 11.5 Å². The van der Waals surface area contributed by atoms with E-state index >= 15 is 0 Å². The van der Waals surface area contributed by atoms with Gasteiger partial charge in [0.1, 0.15) is 5.92 Å². The van der Waals surface area contributed by atoms with Crippen molar-refractivity contribution in [2.24, 2.45) is 21.3 Å². The van der Waals surface area contributed by atoms with E-state index in [0.717, 1.165) is 11.1 Å². The number of benzene rings is 2. The van der Waals surface area contributed by atoms with Crippen LogP contribution in [0.15, 0.2) is 58.5 Å². The molecule has 31 heavy (non-hydrogen) atoms. The Bertz CT molecular complexity index is 1090. The Hall–Kier alpha value is -3.41. The molecule has 6 heteroatoms. The van der Waals surface area contributed by atoms with Gasteiger partial charge in [-0.05, 0) is 37.1 Å². The van der Waals surface area contributed by atoms with E-state index in [9.17, 15) is 4.79 Å². The number of nitrogens with zero attached hydrogens (tertiary/aromatic N) is 2. The van der Waals surface area contributed by atoms with Crippen LogP contribution in [0.25, 0.3) is 6.08 Å².